The van der Waals surface area contributed by atoms with Crippen molar-refractivity contribution in [3.8, 4) is 0 Å². The van der Waals surface area contributed by atoms with Gasteiger partial charge in [0.25, 0.3) is 0 Å². The van der Waals surface area contributed by atoms with Gasteiger partial charge in [-0.2, -0.15) is 0 Å². The first-order valence-electron chi connectivity index (χ1n) is 6.31. The van der Waals surface area contributed by atoms with Gasteiger partial charge < -0.3 is 13.3 Å². The Balaban J connectivity index is 4.33. The summed E-state index contributed by atoms with van der Waals surface area (Å²) < 4.78 is 17.2. The molecule has 0 radical (unpaired) electrons. The maximum Gasteiger partial charge on any atom is 0.504 e. The monoisotopic (exact) mass is 246 g/mol. The van der Waals surface area contributed by atoms with E-state index in [1.807, 2.05) is 20.8 Å². The highest BCUT2D eigenvalue weighted by atomic mass is 28.4. The van der Waals surface area contributed by atoms with Crippen molar-refractivity contribution in [3.05, 3.63) is 12.2 Å². The Labute approximate surface area is 101 Å². The molecule has 0 fully saturated rings. The lowest BCUT2D eigenvalue weighted by molar-refractivity contribution is 0.0742. The Bertz CT molecular complexity index is 166. The number of rotatable bonds is 10. The van der Waals surface area contributed by atoms with Crippen LogP contribution in [0.15, 0.2) is 12.2 Å². The fourth-order valence-corrected chi connectivity index (χ4v) is 3.85. The zero-order valence-corrected chi connectivity index (χ0v) is 12.1. The Morgan fingerprint density at radius 3 is 1.69 bits per heavy atom. The SMILES string of the molecule is CCC/C=C\C[Si](OCC)(OCC)OCC. The third kappa shape index (κ3) is 6.43. The van der Waals surface area contributed by atoms with Gasteiger partial charge in [0.15, 0.2) is 0 Å². The van der Waals surface area contributed by atoms with Crippen LogP contribution in [0.1, 0.15) is 40.5 Å². The minimum Gasteiger partial charge on any atom is -0.374 e. The molecule has 4 heteroatoms. The third-order valence-electron chi connectivity index (χ3n) is 2.08. The molecule has 96 valence electrons. The van der Waals surface area contributed by atoms with Crippen molar-refractivity contribution in [2.75, 3.05) is 19.8 Å². The molecule has 0 aliphatic carbocycles. The van der Waals surface area contributed by atoms with E-state index in [0.29, 0.717) is 19.8 Å². The van der Waals surface area contributed by atoms with Crippen LogP contribution in [0.4, 0.5) is 0 Å². The van der Waals surface area contributed by atoms with E-state index in [-0.39, 0.29) is 0 Å². The number of unbranched alkanes of at least 4 members (excludes halogenated alkanes) is 1. The number of hydrogen-bond acceptors (Lipinski definition) is 3. The maximum absolute atomic E-state index is 5.73. The van der Waals surface area contributed by atoms with Crippen molar-refractivity contribution in [2.24, 2.45) is 0 Å². The Hall–Kier alpha value is -0.163. The molecule has 0 N–H and O–H groups in total. The first kappa shape index (κ1) is 15.8. The molecule has 16 heavy (non-hydrogen) atoms. The van der Waals surface area contributed by atoms with Gasteiger partial charge in [-0.05, 0) is 27.2 Å². The number of allylic oxidation sites excluding steroid dienone is 2. The first-order chi connectivity index (χ1) is 7.74. The molecule has 0 aliphatic heterocycles. The second-order valence-electron chi connectivity index (χ2n) is 3.45. The molecule has 0 atom stereocenters. The molecule has 0 aromatic carbocycles. The summed E-state index contributed by atoms with van der Waals surface area (Å²) in [6.07, 6.45) is 6.59. The van der Waals surface area contributed by atoms with Crippen molar-refractivity contribution in [2.45, 2.75) is 46.6 Å². The van der Waals surface area contributed by atoms with Crippen LogP contribution in [-0.2, 0) is 13.3 Å². The van der Waals surface area contributed by atoms with Crippen LogP contribution in [0.3, 0.4) is 0 Å². The van der Waals surface area contributed by atoms with Gasteiger partial charge in [0.05, 0.1) is 0 Å². The van der Waals surface area contributed by atoms with Crippen LogP contribution in [0.25, 0.3) is 0 Å². The highest BCUT2D eigenvalue weighted by Gasteiger charge is 2.38. The predicted molar refractivity (Wildman–Crippen MR) is 69.5 cm³/mol. The molecule has 0 bridgehead atoms. The molecule has 0 heterocycles. The van der Waals surface area contributed by atoms with E-state index in [1.54, 1.807) is 0 Å². The van der Waals surface area contributed by atoms with Gasteiger partial charge in [0.2, 0.25) is 0 Å². The molecule has 0 unspecified atom stereocenters. The van der Waals surface area contributed by atoms with E-state index in [0.717, 1.165) is 12.5 Å². The lowest BCUT2D eigenvalue weighted by Gasteiger charge is -2.27. The van der Waals surface area contributed by atoms with Crippen LogP contribution in [0.2, 0.25) is 6.04 Å². The van der Waals surface area contributed by atoms with Gasteiger partial charge in [-0.3, -0.25) is 0 Å². The molecular weight excluding hydrogens is 220 g/mol. The Morgan fingerprint density at radius 2 is 1.31 bits per heavy atom. The van der Waals surface area contributed by atoms with Crippen LogP contribution in [0, 0.1) is 0 Å². The zero-order valence-electron chi connectivity index (χ0n) is 11.1. The second kappa shape index (κ2) is 10.0. The highest BCUT2D eigenvalue weighted by Crippen LogP contribution is 2.16. The van der Waals surface area contributed by atoms with Gasteiger partial charge in [-0.15, -0.1) is 0 Å². The summed E-state index contributed by atoms with van der Waals surface area (Å²) in [5.41, 5.74) is 0. The number of hydrogen-bond donors (Lipinski definition) is 0. The summed E-state index contributed by atoms with van der Waals surface area (Å²) >= 11 is 0. The topological polar surface area (TPSA) is 27.7 Å². The molecule has 0 rings (SSSR count). The van der Waals surface area contributed by atoms with E-state index in [9.17, 15) is 0 Å². The van der Waals surface area contributed by atoms with Gasteiger partial charge >= 0.3 is 8.80 Å². The summed E-state index contributed by atoms with van der Waals surface area (Å²) in [6.45, 7) is 10.1. The summed E-state index contributed by atoms with van der Waals surface area (Å²) in [6, 6.07) is 0.780. The largest absolute Gasteiger partial charge is 0.504 e. The molecule has 3 nitrogen and oxygen atoms in total. The summed E-state index contributed by atoms with van der Waals surface area (Å²) in [4.78, 5) is 0. The molecule has 0 aromatic heterocycles. The third-order valence-corrected chi connectivity index (χ3v) is 5.00. The lowest BCUT2D eigenvalue weighted by Crippen LogP contribution is -2.45. The van der Waals surface area contributed by atoms with Crippen LogP contribution >= 0.6 is 0 Å². The Kier molecular flexibility index (Phi) is 9.92. The lowest BCUT2D eigenvalue weighted by atomic mass is 10.3. The van der Waals surface area contributed by atoms with Crippen molar-refractivity contribution in [1.82, 2.24) is 0 Å². The minimum atomic E-state index is -2.43. The molecular formula is C12H26O3Si. The van der Waals surface area contributed by atoms with Crippen LogP contribution in [0.5, 0.6) is 0 Å². The fourth-order valence-electron chi connectivity index (χ4n) is 1.47. The Morgan fingerprint density at radius 1 is 0.812 bits per heavy atom. The quantitative estimate of drug-likeness (QED) is 0.437. The van der Waals surface area contributed by atoms with Crippen LogP contribution in [-0.4, -0.2) is 28.6 Å². The smallest absolute Gasteiger partial charge is 0.374 e. The first-order valence-corrected chi connectivity index (χ1v) is 8.24. The summed E-state index contributed by atoms with van der Waals surface area (Å²) in [7, 11) is -2.43. The van der Waals surface area contributed by atoms with Gasteiger partial charge in [0, 0.05) is 25.9 Å². The zero-order chi connectivity index (χ0) is 12.3. The summed E-state index contributed by atoms with van der Waals surface area (Å²) in [5, 5.41) is 0. The second-order valence-corrected chi connectivity index (χ2v) is 6.09. The van der Waals surface area contributed by atoms with Crippen molar-refractivity contribution in [3.63, 3.8) is 0 Å². The van der Waals surface area contributed by atoms with Gasteiger partial charge in [-0.1, -0.05) is 25.5 Å². The average molecular weight is 246 g/mol. The maximum atomic E-state index is 5.73. The standard InChI is InChI=1S/C12H26O3Si/c1-5-9-10-11-12-16(13-6-2,14-7-3)15-8-4/h10-11H,5-9,12H2,1-4H3/b11-10-. The molecule has 0 aromatic rings. The normalized spacial score (nSPS) is 12.5. The average Bonchev–Trinajstić information content (AvgIpc) is 2.26. The van der Waals surface area contributed by atoms with Crippen molar-refractivity contribution in [1.29, 1.82) is 0 Å². The molecule has 0 spiro atoms. The molecule has 0 amide bonds. The van der Waals surface area contributed by atoms with E-state index in [1.165, 1.54) is 6.42 Å². The fraction of sp³-hybridized carbons (Fsp3) is 0.833. The summed E-state index contributed by atoms with van der Waals surface area (Å²) in [5.74, 6) is 0. The minimum absolute atomic E-state index is 0.647. The highest BCUT2D eigenvalue weighted by molar-refractivity contribution is 6.61. The predicted octanol–water partition coefficient (Wildman–Crippen LogP) is 3.39. The van der Waals surface area contributed by atoms with Crippen molar-refractivity contribution < 1.29 is 13.3 Å². The van der Waals surface area contributed by atoms with E-state index in [2.05, 4.69) is 19.1 Å². The van der Waals surface area contributed by atoms with Crippen LogP contribution < -0.4 is 0 Å². The van der Waals surface area contributed by atoms with Crippen molar-refractivity contribution >= 4 is 8.80 Å². The molecule has 0 saturated carbocycles. The van der Waals surface area contributed by atoms with E-state index < -0.39 is 8.80 Å². The van der Waals surface area contributed by atoms with Gasteiger partial charge in [0.1, 0.15) is 0 Å². The molecule has 0 saturated heterocycles. The molecule has 0 aliphatic rings. The van der Waals surface area contributed by atoms with Gasteiger partial charge in [-0.25, -0.2) is 0 Å². The van der Waals surface area contributed by atoms with E-state index >= 15 is 0 Å². The van der Waals surface area contributed by atoms with E-state index in [4.69, 9.17) is 13.3 Å².